The van der Waals surface area contributed by atoms with Crippen molar-refractivity contribution in [1.29, 1.82) is 0 Å². The highest BCUT2D eigenvalue weighted by Gasteiger charge is 2.38. The standard InChI is InChI=1S/C29H29N3O3/c1-19-7-6-8-26(20(19)2)32-28(34)24-14-11-22(17-25(24)29(32)35)27(33)30-23-12-9-21(10-13-23)18-31-15-4-3-5-16-31/h6-14,17H,3-5,15-16,18H2,1-2H3,(H,30,33). The quantitative estimate of drug-likeness (QED) is 0.514. The average molecular weight is 468 g/mol. The maximum absolute atomic E-state index is 13.2. The van der Waals surface area contributed by atoms with Crippen molar-refractivity contribution in [3.63, 3.8) is 0 Å². The number of benzene rings is 3. The zero-order valence-electron chi connectivity index (χ0n) is 20.1. The van der Waals surface area contributed by atoms with Crippen LogP contribution < -0.4 is 10.2 Å². The van der Waals surface area contributed by atoms with E-state index < -0.39 is 5.91 Å². The molecule has 2 heterocycles. The van der Waals surface area contributed by atoms with Crippen molar-refractivity contribution in [2.75, 3.05) is 23.3 Å². The second-order valence-electron chi connectivity index (χ2n) is 9.41. The summed E-state index contributed by atoms with van der Waals surface area (Å²) < 4.78 is 0. The van der Waals surface area contributed by atoms with Crippen molar-refractivity contribution in [2.45, 2.75) is 39.7 Å². The number of carbonyl (C=O) groups is 3. The van der Waals surface area contributed by atoms with E-state index in [0.29, 0.717) is 22.5 Å². The predicted molar refractivity (Wildman–Crippen MR) is 137 cm³/mol. The smallest absolute Gasteiger partial charge is 0.266 e. The van der Waals surface area contributed by atoms with Gasteiger partial charge in [0.15, 0.2) is 0 Å². The van der Waals surface area contributed by atoms with Gasteiger partial charge < -0.3 is 5.32 Å². The third kappa shape index (κ3) is 4.49. The molecule has 35 heavy (non-hydrogen) atoms. The molecule has 178 valence electrons. The number of carbonyl (C=O) groups excluding carboxylic acids is 3. The fourth-order valence-corrected chi connectivity index (χ4v) is 4.85. The van der Waals surface area contributed by atoms with E-state index in [1.165, 1.54) is 35.8 Å². The van der Waals surface area contributed by atoms with Gasteiger partial charge in [-0.2, -0.15) is 0 Å². The van der Waals surface area contributed by atoms with Crippen LogP contribution in [0, 0.1) is 13.8 Å². The first-order valence-electron chi connectivity index (χ1n) is 12.1. The average Bonchev–Trinajstić information content (AvgIpc) is 3.12. The van der Waals surface area contributed by atoms with Crippen LogP contribution >= 0.6 is 0 Å². The van der Waals surface area contributed by atoms with E-state index in [1.807, 2.05) is 50.2 Å². The van der Waals surface area contributed by atoms with Gasteiger partial charge in [-0.25, -0.2) is 4.90 Å². The number of piperidine rings is 1. The summed E-state index contributed by atoms with van der Waals surface area (Å²) in [5, 5.41) is 2.90. The van der Waals surface area contributed by atoms with Crippen molar-refractivity contribution in [3.05, 3.63) is 94.0 Å². The van der Waals surface area contributed by atoms with Crippen LogP contribution in [0.3, 0.4) is 0 Å². The number of hydrogen-bond donors (Lipinski definition) is 1. The van der Waals surface area contributed by atoms with E-state index in [1.54, 1.807) is 18.2 Å². The van der Waals surface area contributed by atoms with E-state index in [-0.39, 0.29) is 17.4 Å². The van der Waals surface area contributed by atoms with Gasteiger partial charge in [0.2, 0.25) is 0 Å². The van der Waals surface area contributed by atoms with Crippen LogP contribution in [-0.2, 0) is 6.54 Å². The number of nitrogens with zero attached hydrogens (tertiary/aromatic N) is 2. The molecule has 6 nitrogen and oxygen atoms in total. The lowest BCUT2D eigenvalue weighted by Crippen LogP contribution is -2.30. The predicted octanol–water partition coefficient (Wildman–Crippen LogP) is 5.34. The summed E-state index contributed by atoms with van der Waals surface area (Å²) >= 11 is 0. The molecule has 3 aromatic rings. The maximum Gasteiger partial charge on any atom is 0.266 e. The van der Waals surface area contributed by atoms with Crippen LogP contribution in [0.2, 0.25) is 0 Å². The summed E-state index contributed by atoms with van der Waals surface area (Å²) in [6.07, 6.45) is 3.82. The number of fused-ring (bicyclic) bond motifs is 1. The lowest BCUT2D eigenvalue weighted by molar-refractivity contribution is 0.0925. The Morgan fingerprint density at radius 3 is 2.31 bits per heavy atom. The Morgan fingerprint density at radius 2 is 1.57 bits per heavy atom. The van der Waals surface area contributed by atoms with E-state index in [4.69, 9.17) is 0 Å². The first-order chi connectivity index (χ1) is 16.9. The molecule has 2 aliphatic heterocycles. The molecule has 5 rings (SSSR count). The number of aryl methyl sites for hydroxylation is 1. The highest BCUT2D eigenvalue weighted by molar-refractivity contribution is 6.35. The van der Waals surface area contributed by atoms with Gasteiger partial charge in [0.1, 0.15) is 0 Å². The van der Waals surface area contributed by atoms with Crippen LogP contribution in [0.5, 0.6) is 0 Å². The van der Waals surface area contributed by atoms with Gasteiger partial charge in [0.05, 0.1) is 16.8 Å². The van der Waals surface area contributed by atoms with Gasteiger partial charge in [0.25, 0.3) is 17.7 Å². The number of likely N-dealkylation sites (tertiary alicyclic amines) is 1. The van der Waals surface area contributed by atoms with Crippen molar-refractivity contribution in [3.8, 4) is 0 Å². The topological polar surface area (TPSA) is 69.7 Å². The molecule has 2 aliphatic rings. The number of rotatable bonds is 5. The molecular weight excluding hydrogens is 438 g/mol. The number of imide groups is 1. The molecule has 0 spiro atoms. The lowest BCUT2D eigenvalue weighted by atomic mass is 10.1. The largest absolute Gasteiger partial charge is 0.322 e. The fraction of sp³-hybridized carbons (Fsp3) is 0.276. The third-order valence-electron chi connectivity index (χ3n) is 7.03. The molecule has 0 aliphatic carbocycles. The second-order valence-corrected chi connectivity index (χ2v) is 9.41. The molecule has 1 saturated heterocycles. The maximum atomic E-state index is 13.2. The number of amides is 3. The normalized spacial score (nSPS) is 15.9. The summed E-state index contributed by atoms with van der Waals surface area (Å²) in [6.45, 7) is 7.04. The van der Waals surface area contributed by atoms with Crippen LogP contribution in [0.25, 0.3) is 0 Å². The molecule has 0 bridgehead atoms. The molecule has 3 aromatic carbocycles. The first kappa shape index (κ1) is 23.0. The van der Waals surface area contributed by atoms with Crippen molar-refractivity contribution < 1.29 is 14.4 Å². The molecule has 1 fully saturated rings. The van der Waals surface area contributed by atoms with E-state index in [2.05, 4.69) is 10.2 Å². The summed E-state index contributed by atoms with van der Waals surface area (Å²) in [4.78, 5) is 42.8. The van der Waals surface area contributed by atoms with Crippen molar-refractivity contribution in [2.24, 2.45) is 0 Å². The first-order valence-corrected chi connectivity index (χ1v) is 12.1. The van der Waals surface area contributed by atoms with Gasteiger partial charge in [-0.15, -0.1) is 0 Å². The van der Waals surface area contributed by atoms with Gasteiger partial charge in [-0.3, -0.25) is 19.3 Å². The highest BCUT2D eigenvalue weighted by atomic mass is 16.2. The summed E-state index contributed by atoms with van der Waals surface area (Å²) in [5.74, 6) is -1.09. The van der Waals surface area contributed by atoms with Crippen molar-refractivity contribution in [1.82, 2.24) is 4.90 Å². The fourth-order valence-electron chi connectivity index (χ4n) is 4.85. The van der Waals surface area contributed by atoms with Crippen LogP contribution in [0.4, 0.5) is 11.4 Å². The zero-order valence-corrected chi connectivity index (χ0v) is 20.1. The molecule has 0 radical (unpaired) electrons. The van der Waals surface area contributed by atoms with E-state index in [9.17, 15) is 14.4 Å². The summed E-state index contributed by atoms with van der Waals surface area (Å²) in [6, 6.07) is 18.1. The molecule has 0 aromatic heterocycles. The number of anilines is 2. The number of nitrogens with one attached hydrogen (secondary N) is 1. The SMILES string of the molecule is Cc1cccc(N2C(=O)c3ccc(C(=O)Nc4ccc(CN5CCCCC5)cc4)cc3C2=O)c1C. The van der Waals surface area contributed by atoms with Crippen LogP contribution in [0.15, 0.2) is 60.7 Å². The second kappa shape index (κ2) is 9.47. The molecule has 3 amide bonds. The third-order valence-corrected chi connectivity index (χ3v) is 7.03. The molecule has 0 unspecified atom stereocenters. The minimum absolute atomic E-state index is 0.250. The van der Waals surface area contributed by atoms with Crippen molar-refractivity contribution >= 4 is 29.1 Å². The molecule has 1 N–H and O–H groups in total. The van der Waals surface area contributed by atoms with E-state index in [0.717, 1.165) is 30.8 Å². The molecule has 6 heteroatoms. The van der Waals surface area contributed by atoms with Gasteiger partial charge in [-0.1, -0.05) is 30.7 Å². The summed E-state index contributed by atoms with van der Waals surface area (Å²) in [5.41, 5.74) is 5.27. The molecular formula is C29H29N3O3. The monoisotopic (exact) mass is 467 g/mol. The van der Waals surface area contributed by atoms with Gasteiger partial charge in [-0.05, 0) is 92.9 Å². The Labute approximate surface area is 205 Å². The Morgan fingerprint density at radius 1 is 0.857 bits per heavy atom. The zero-order chi connectivity index (χ0) is 24.5. The Bertz CT molecular complexity index is 1310. The Kier molecular flexibility index (Phi) is 6.22. The number of hydrogen-bond acceptors (Lipinski definition) is 4. The van der Waals surface area contributed by atoms with Gasteiger partial charge in [0, 0.05) is 17.8 Å². The highest BCUT2D eigenvalue weighted by Crippen LogP contribution is 2.32. The van der Waals surface area contributed by atoms with Crippen LogP contribution in [0.1, 0.15) is 67.0 Å². The minimum Gasteiger partial charge on any atom is -0.322 e. The molecule has 0 saturated carbocycles. The van der Waals surface area contributed by atoms with E-state index >= 15 is 0 Å². The summed E-state index contributed by atoms with van der Waals surface area (Å²) in [7, 11) is 0. The van der Waals surface area contributed by atoms with Crippen LogP contribution in [-0.4, -0.2) is 35.7 Å². The lowest BCUT2D eigenvalue weighted by Gasteiger charge is -2.26. The molecule has 0 atom stereocenters. The Balaban J connectivity index is 1.31. The minimum atomic E-state index is -0.407. The van der Waals surface area contributed by atoms with Gasteiger partial charge >= 0.3 is 0 Å². The Hall–Kier alpha value is -3.77.